The third kappa shape index (κ3) is 4.32. The van der Waals surface area contributed by atoms with Crippen LogP contribution in [0.3, 0.4) is 0 Å². The Kier molecular flexibility index (Phi) is 5.95. The predicted molar refractivity (Wildman–Crippen MR) is 101 cm³/mol. The fourth-order valence-corrected chi connectivity index (χ4v) is 3.12. The third-order valence-corrected chi connectivity index (χ3v) is 4.38. The second-order valence-electron chi connectivity index (χ2n) is 6.53. The number of anilines is 1. The standard InChI is InChI=1S/C19H22N4O5/c1-2-7-23-17(20)16(18(25)21-19(23)26)15(24)12-22(10-13-5-3-8-27-13)11-14-6-4-9-28-14/h3-6,8-9H,2,7,10-12,20H2,1H3,(H,21,25,26)/p+1. The van der Waals surface area contributed by atoms with Gasteiger partial charge in [0.15, 0.2) is 11.5 Å². The number of carbonyl (C=O) groups excluding carboxylic acids is 1. The molecule has 0 atom stereocenters. The van der Waals surface area contributed by atoms with Crippen LogP contribution < -0.4 is 21.9 Å². The second-order valence-corrected chi connectivity index (χ2v) is 6.53. The highest BCUT2D eigenvalue weighted by Crippen LogP contribution is 2.06. The van der Waals surface area contributed by atoms with E-state index >= 15 is 0 Å². The van der Waals surface area contributed by atoms with Crippen LogP contribution >= 0.6 is 0 Å². The molecule has 4 N–H and O–H groups in total. The van der Waals surface area contributed by atoms with E-state index in [4.69, 9.17) is 14.6 Å². The number of H-pyrrole nitrogens is 1. The molecule has 0 bridgehead atoms. The molecule has 0 fully saturated rings. The summed E-state index contributed by atoms with van der Waals surface area (Å²) in [5.41, 5.74) is 4.42. The van der Waals surface area contributed by atoms with Crippen LogP contribution in [0.4, 0.5) is 5.82 Å². The number of carbonyl (C=O) groups is 1. The van der Waals surface area contributed by atoms with E-state index in [0.29, 0.717) is 37.6 Å². The van der Waals surface area contributed by atoms with Crippen molar-refractivity contribution in [3.63, 3.8) is 0 Å². The maximum atomic E-state index is 12.9. The van der Waals surface area contributed by atoms with Crippen molar-refractivity contribution >= 4 is 11.6 Å². The maximum Gasteiger partial charge on any atom is 0.329 e. The zero-order chi connectivity index (χ0) is 20.1. The van der Waals surface area contributed by atoms with Crippen LogP contribution in [0.1, 0.15) is 35.2 Å². The Morgan fingerprint density at radius 2 is 1.75 bits per heavy atom. The van der Waals surface area contributed by atoms with Gasteiger partial charge in [0.05, 0.1) is 12.5 Å². The van der Waals surface area contributed by atoms with Gasteiger partial charge in [0.1, 0.15) is 31.0 Å². The minimum Gasteiger partial charge on any atom is -0.463 e. The quantitative estimate of drug-likeness (QED) is 0.449. The lowest BCUT2D eigenvalue weighted by Crippen LogP contribution is -3.10. The van der Waals surface area contributed by atoms with E-state index in [1.165, 1.54) is 4.57 Å². The number of quaternary nitrogens is 1. The Balaban J connectivity index is 1.88. The van der Waals surface area contributed by atoms with E-state index in [0.717, 1.165) is 4.90 Å². The molecule has 0 saturated heterocycles. The predicted octanol–water partition coefficient (Wildman–Crippen LogP) is 0.183. The Morgan fingerprint density at radius 3 is 2.25 bits per heavy atom. The van der Waals surface area contributed by atoms with Gasteiger partial charge in [-0.1, -0.05) is 6.92 Å². The summed E-state index contributed by atoms with van der Waals surface area (Å²) >= 11 is 0. The van der Waals surface area contributed by atoms with Gasteiger partial charge in [-0.2, -0.15) is 0 Å². The Morgan fingerprint density at radius 1 is 1.14 bits per heavy atom. The first-order valence-electron chi connectivity index (χ1n) is 9.03. The topological polar surface area (TPSA) is 129 Å². The van der Waals surface area contributed by atoms with Crippen LogP contribution in [0.5, 0.6) is 0 Å². The number of nitrogens with zero attached hydrogens (tertiary/aromatic N) is 1. The van der Waals surface area contributed by atoms with E-state index in [1.54, 1.807) is 24.7 Å². The molecule has 148 valence electrons. The lowest BCUT2D eigenvalue weighted by atomic mass is 10.1. The first-order valence-corrected chi connectivity index (χ1v) is 9.03. The van der Waals surface area contributed by atoms with Crippen molar-refractivity contribution in [2.75, 3.05) is 12.3 Å². The molecule has 0 aliphatic heterocycles. The first-order chi connectivity index (χ1) is 13.5. The average Bonchev–Trinajstić information content (AvgIpc) is 3.32. The average molecular weight is 387 g/mol. The summed E-state index contributed by atoms with van der Waals surface area (Å²) in [6.45, 7) is 3.02. The fourth-order valence-electron chi connectivity index (χ4n) is 3.12. The molecule has 9 heteroatoms. The van der Waals surface area contributed by atoms with Gasteiger partial charge in [0.2, 0.25) is 5.78 Å². The van der Waals surface area contributed by atoms with Gasteiger partial charge in [0.25, 0.3) is 5.56 Å². The van der Waals surface area contributed by atoms with Gasteiger partial charge in [-0.3, -0.25) is 19.1 Å². The van der Waals surface area contributed by atoms with E-state index in [1.807, 2.05) is 19.1 Å². The summed E-state index contributed by atoms with van der Waals surface area (Å²) < 4.78 is 12.0. The third-order valence-electron chi connectivity index (χ3n) is 4.38. The number of nitrogens with two attached hydrogens (primary N) is 1. The van der Waals surface area contributed by atoms with E-state index in [-0.39, 0.29) is 17.9 Å². The molecule has 3 aromatic rings. The SMILES string of the molecule is CCCn1c(N)c(C(=O)C[NH+](Cc2ccco2)Cc2ccco2)c(=O)[nH]c1=O. The van der Waals surface area contributed by atoms with Crippen LogP contribution in [0.15, 0.2) is 55.2 Å². The van der Waals surface area contributed by atoms with Crippen LogP contribution in [0.25, 0.3) is 0 Å². The fraction of sp³-hybridized carbons (Fsp3) is 0.316. The van der Waals surface area contributed by atoms with Gasteiger partial charge in [0, 0.05) is 6.54 Å². The molecule has 0 aromatic carbocycles. The molecule has 3 heterocycles. The molecule has 0 unspecified atom stereocenters. The lowest BCUT2D eigenvalue weighted by molar-refractivity contribution is -0.921. The molecule has 3 aromatic heterocycles. The van der Waals surface area contributed by atoms with Gasteiger partial charge < -0.3 is 19.5 Å². The van der Waals surface area contributed by atoms with E-state index in [2.05, 4.69) is 4.98 Å². The van der Waals surface area contributed by atoms with Crippen molar-refractivity contribution in [2.24, 2.45) is 0 Å². The molecule has 3 rings (SSSR count). The number of aromatic nitrogens is 2. The molecular formula is C19H23N4O5+. The Hall–Kier alpha value is -3.33. The summed E-state index contributed by atoms with van der Waals surface area (Å²) in [7, 11) is 0. The second kappa shape index (κ2) is 8.57. The number of nitrogens with one attached hydrogen (secondary N) is 2. The van der Waals surface area contributed by atoms with Crippen molar-refractivity contribution in [2.45, 2.75) is 33.0 Å². The Bertz CT molecular complexity index is 995. The maximum absolute atomic E-state index is 12.9. The van der Waals surface area contributed by atoms with E-state index < -0.39 is 17.0 Å². The van der Waals surface area contributed by atoms with Gasteiger partial charge in [-0.05, 0) is 30.7 Å². The molecule has 0 amide bonds. The van der Waals surface area contributed by atoms with Crippen LogP contribution in [0, 0.1) is 0 Å². The van der Waals surface area contributed by atoms with Crippen LogP contribution in [-0.4, -0.2) is 21.9 Å². The number of hydrogen-bond donors (Lipinski definition) is 3. The van der Waals surface area contributed by atoms with Crippen LogP contribution in [-0.2, 0) is 19.6 Å². The van der Waals surface area contributed by atoms with Gasteiger partial charge >= 0.3 is 5.69 Å². The largest absolute Gasteiger partial charge is 0.463 e. The molecular weight excluding hydrogens is 364 g/mol. The molecule has 0 saturated carbocycles. The zero-order valence-corrected chi connectivity index (χ0v) is 15.6. The summed E-state index contributed by atoms with van der Waals surface area (Å²) in [6, 6.07) is 7.17. The minimum atomic E-state index is -0.768. The smallest absolute Gasteiger partial charge is 0.329 e. The highest BCUT2D eigenvalue weighted by Gasteiger charge is 2.25. The molecule has 0 aliphatic carbocycles. The van der Waals surface area contributed by atoms with Gasteiger partial charge in [-0.15, -0.1) is 0 Å². The lowest BCUT2D eigenvalue weighted by Gasteiger charge is -2.17. The zero-order valence-electron chi connectivity index (χ0n) is 15.6. The Labute approximate surface area is 160 Å². The number of furan rings is 2. The monoisotopic (exact) mass is 387 g/mol. The number of aromatic amines is 1. The summed E-state index contributed by atoms with van der Waals surface area (Å²) in [4.78, 5) is 40.1. The van der Waals surface area contributed by atoms with Crippen molar-refractivity contribution in [1.82, 2.24) is 9.55 Å². The highest BCUT2D eigenvalue weighted by atomic mass is 16.3. The number of nitrogen functional groups attached to an aromatic ring is 1. The van der Waals surface area contributed by atoms with Crippen molar-refractivity contribution in [1.29, 1.82) is 0 Å². The molecule has 9 nitrogen and oxygen atoms in total. The molecule has 28 heavy (non-hydrogen) atoms. The van der Waals surface area contributed by atoms with Crippen LogP contribution in [0.2, 0.25) is 0 Å². The first kappa shape index (κ1) is 19.4. The molecule has 0 radical (unpaired) electrons. The number of rotatable bonds is 9. The minimum absolute atomic E-state index is 0.0149. The summed E-state index contributed by atoms with van der Waals surface area (Å²) in [6.07, 6.45) is 3.76. The van der Waals surface area contributed by atoms with Crippen molar-refractivity contribution < 1.29 is 18.5 Å². The van der Waals surface area contributed by atoms with E-state index in [9.17, 15) is 14.4 Å². The number of ketones is 1. The number of Topliss-reactive ketones (excluding diaryl/α,β-unsaturated/α-hetero) is 1. The normalized spacial score (nSPS) is 11.2. The number of hydrogen-bond acceptors (Lipinski definition) is 6. The van der Waals surface area contributed by atoms with Crippen molar-refractivity contribution in [3.8, 4) is 0 Å². The molecule has 0 aliphatic rings. The summed E-state index contributed by atoms with van der Waals surface area (Å²) in [5, 5.41) is 0. The summed E-state index contributed by atoms with van der Waals surface area (Å²) in [5.74, 6) is 0.854. The highest BCUT2D eigenvalue weighted by molar-refractivity contribution is 6.00. The van der Waals surface area contributed by atoms with Gasteiger partial charge in [-0.25, -0.2) is 4.79 Å². The van der Waals surface area contributed by atoms with Crippen molar-refractivity contribution in [3.05, 3.63) is 74.7 Å². The molecule has 0 spiro atoms.